The Labute approximate surface area is 121 Å². The average molecular weight is 278 g/mol. The molecule has 2 rings (SSSR count). The smallest absolute Gasteiger partial charge is 0.303 e. The van der Waals surface area contributed by atoms with Gasteiger partial charge in [-0.1, -0.05) is 19.9 Å². The highest BCUT2D eigenvalue weighted by Gasteiger charge is 2.49. The lowest BCUT2D eigenvalue weighted by Gasteiger charge is -2.50. The maximum Gasteiger partial charge on any atom is 0.303 e. The first-order chi connectivity index (χ1) is 9.37. The molecule has 0 heterocycles. The Bertz CT molecular complexity index is 424. The monoisotopic (exact) mass is 278 g/mol. The average Bonchev–Trinajstić information content (AvgIpc) is 2.37. The van der Waals surface area contributed by atoms with Gasteiger partial charge in [0.25, 0.3) is 0 Å². The summed E-state index contributed by atoms with van der Waals surface area (Å²) >= 11 is 0. The van der Waals surface area contributed by atoms with E-state index in [0.29, 0.717) is 23.7 Å². The molecular weight excluding hydrogens is 252 g/mol. The van der Waals surface area contributed by atoms with E-state index in [4.69, 9.17) is 4.74 Å². The van der Waals surface area contributed by atoms with Gasteiger partial charge in [0.05, 0.1) is 0 Å². The highest BCUT2D eigenvalue weighted by molar-refractivity contribution is 5.73. The zero-order valence-corrected chi connectivity index (χ0v) is 13.0. The minimum Gasteiger partial charge on any atom is -0.459 e. The van der Waals surface area contributed by atoms with Crippen LogP contribution < -0.4 is 0 Å². The number of esters is 1. The zero-order valence-electron chi connectivity index (χ0n) is 13.0. The van der Waals surface area contributed by atoms with Crippen molar-refractivity contribution >= 4 is 12.3 Å². The van der Waals surface area contributed by atoms with Crippen LogP contribution in [-0.4, -0.2) is 17.9 Å². The van der Waals surface area contributed by atoms with Gasteiger partial charge in [-0.2, -0.15) is 0 Å². The van der Waals surface area contributed by atoms with Crippen LogP contribution in [0.5, 0.6) is 0 Å². The first kappa shape index (κ1) is 15.3. The fourth-order valence-electron chi connectivity index (χ4n) is 4.26. The number of fused-ring (bicyclic) bond motifs is 1. The van der Waals surface area contributed by atoms with Crippen molar-refractivity contribution in [3.8, 4) is 0 Å². The van der Waals surface area contributed by atoms with Crippen molar-refractivity contribution in [1.29, 1.82) is 0 Å². The molecule has 3 heteroatoms. The van der Waals surface area contributed by atoms with Crippen LogP contribution in [0.15, 0.2) is 11.6 Å². The van der Waals surface area contributed by atoms with E-state index in [2.05, 4.69) is 26.8 Å². The SMILES string of the molecule is CC(=O)OC1(C)CCC(C(C)C)C2C=C(C=O)CCC21. The Morgan fingerprint density at radius 3 is 2.70 bits per heavy atom. The lowest BCUT2D eigenvalue weighted by Crippen LogP contribution is -2.50. The third-order valence-electron chi connectivity index (χ3n) is 5.25. The lowest BCUT2D eigenvalue weighted by atomic mass is 9.58. The Balaban J connectivity index is 2.32. The van der Waals surface area contributed by atoms with Gasteiger partial charge in [0.1, 0.15) is 11.9 Å². The highest BCUT2D eigenvalue weighted by Crippen LogP contribution is 2.51. The van der Waals surface area contributed by atoms with Crippen LogP contribution in [0.2, 0.25) is 0 Å². The van der Waals surface area contributed by atoms with Gasteiger partial charge in [-0.15, -0.1) is 0 Å². The molecule has 20 heavy (non-hydrogen) atoms. The van der Waals surface area contributed by atoms with E-state index in [9.17, 15) is 9.59 Å². The molecule has 0 saturated heterocycles. The molecule has 0 aromatic rings. The summed E-state index contributed by atoms with van der Waals surface area (Å²) < 4.78 is 5.69. The topological polar surface area (TPSA) is 43.4 Å². The number of carbonyl (C=O) groups excluding carboxylic acids is 2. The van der Waals surface area contributed by atoms with Crippen LogP contribution in [0.3, 0.4) is 0 Å². The molecule has 2 aliphatic carbocycles. The molecule has 2 aliphatic rings. The fourth-order valence-corrected chi connectivity index (χ4v) is 4.26. The largest absolute Gasteiger partial charge is 0.459 e. The predicted molar refractivity (Wildman–Crippen MR) is 78.1 cm³/mol. The van der Waals surface area contributed by atoms with Gasteiger partial charge in [-0.05, 0) is 55.9 Å². The molecule has 0 spiro atoms. The maximum absolute atomic E-state index is 11.4. The normalized spacial score (nSPS) is 37.0. The van der Waals surface area contributed by atoms with Crippen molar-refractivity contribution in [2.75, 3.05) is 0 Å². The number of rotatable bonds is 3. The zero-order chi connectivity index (χ0) is 14.9. The summed E-state index contributed by atoms with van der Waals surface area (Å²) in [5.74, 6) is 1.68. The molecule has 1 fully saturated rings. The second kappa shape index (κ2) is 5.71. The van der Waals surface area contributed by atoms with Gasteiger partial charge in [-0.3, -0.25) is 9.59 Å². The van der Waals surface area contributed by atoms with E-state index in [-0.39, 0.29) is 11.6 Å². The van der Waals surface area contributed by atoms with Crippen molar-refractivity contribution in [3.63, 3.8) is 0 Å². The second-order valence-corrected chi connectivity index (χ2v) is 6.93. The molecule has 1 saturated carbocycles. The van der Waals surface area contributed by atoms with Crippen molar-refractivity contribution in [3.05, 3.63) is 11.6 Å². The number of allylic oxidation sites excluding steroid dienone is 2. The van der Waals surface area contributed by atoms with Gasteiger partial charge in [0.2, 0.25) is 0 Å². The molecule has 0 aromatic heterocycles. The van der Waals surface area contributed by atoms with Gasteiger partial charge in [0, 0.05) is 12.8 Å². The summed E-state index contributed by atoms with van der Waals surface area (Å²) in [7, 11) is 0. The molecule has 4 atom stereocenters. The quantitative estimate of drug-likeness (QED) is 0.586. The molecule has 0 aromatic carbocycles. The van der Waals surface area contributed by atoms with E-state index >= 15 is 0 Å². The molecule has 0 N–H and O–H groups in total. The molecule has 0 amide bonds. The first-order valence-electron chi connectivity index (χ1n) is 7.73. The van der Waals surface area contributed by atoms with Crippen molar-refractivity contribution in [2.45, 2.75) is 59.0 Å². The van der Waals surface area contributed by atoms with Gasteiger partial charge in [-0.25, -0.2) is 0 Å². The van der Waals surface area contributed by atoms with Crippen LogP contribution in [-0.2, 0) is 14.3 Å². The number of aldehydes is 1. The molecular formula is C17H26O3. The second-order valence-electron chi connectivity index (χ2n) is 6.93. The van der Waals surface area contributed by atoms with Crippen molar-refractivity contribution in [2.24, 2.45) is 23.7 Å². The Morgan fingerprint density at radius 2 is 2.15 bits per heavy atom. The number of hydrogen-bond donors (Lipinski definition) is 0. The van der Waals surface area contributed by atoms with Crippen LogP contribution in [0.4, 0.5) is 0 Å². The van der Waals surface area contributed by atoms with Gasteiger partial charge in [0.15, 0.2) is 0 Å². The molecule has 112 valence electrons. The summed E-state index contributed by atoms with van der Waals surface area (Å²) in [6.45, 7) is 8.06. The highest BCUT2D eigenvalue weighted by atomic mass is 16.6. The van der Waals surface area contributed by atoms with Crippen LogP contribution in [0, 0.1) is 23.7 Å². The predicted octanol–water partition coefficient (Wildman–Crippen LogP) is 3.53. The van der Waals surface area contributed by atoms with E-state index in [1.807, 2.05) is 0 Å². The third kappa shape index (κ3) is 2.82. The molecule has 0 radical (unpaired) electrons. The summed E-state index contributed by atoms with van der Waals surface area (Å²) in [6.07, 6.45) is 6.90. The number of hydrogen-bond acceptors (Lipinski definition) is 3. The van der Waals surface area contributed by atoms with E-state index < -0.39 is 0 Å². The summed E-state index contributed by atoms with van der Waals surface area (Å²) in [5, 5.41) is 0. The molecule has 4 unspecified atom stereocenters. The molecule has 3 nitrogen and oxygen atoms in total. The summed E-state index contributed by atoms with van der Waals surface area (Å²) in [6, 6.07) is 0. The maximum atomic E-state index is 11.4. The van der Waals surface area contributed by atoms with Crippen LogP contribution in [0.1, 0.15) is 53.4 Å². The standard InChI is InChI=1S/C17H26O3/c1-11(2)14-7-8-17(4,20-12(3)19)16-6-5-13(10-18)9-15(14)16/h9-11,14-16H,5-8H2,1-4H3. The Morgan fingerprint density at radius 1 is 1.45 bits per heavy atom. The number of carbonyl (C=O) groups is 2. The molecule has 0 bridgehead atoms. The van der Waals surface area contributed by atoms with E-state index in [1.54, 1.807) is 0 Å². The minimum absolute atomic E-state index is 0.195. The van der Waals surface area contributed by atoms with Gasteiger partial charge < -0.3 is 4.74 Å². The first-order valence-corrected chi connectivity index (χ1v) is 7.73. The molecule has 0 aliphatic heterocycles. The summed E-state index contributed by atoms with van der Waals surface area (Å²) in [5.41, 5.74) is 0.552. The van der Waals surface area contributed by atoms with E-state index in [1.165, 1.54) is 6.92 Å². The third-order valence-corrected chi connectivity index (χ3v) is 5.25. The Hall–Kier alpha value is -1.12. The van der Waals surface area contributed by atoms with E-state index in [0.717, 1.165) is 37.5 Å². The van der Waals surface area contributed by atoms with Crippen molar-refractivity contribution < 1.29 is 14.3 Å². The van der Waals surface area contributed by atoms with Crippen LogP contribution in [0.25, 0.3) is 0 Å². The minimum atomic E-state index is -0.368. The van der Waals surface area contributed by atoms with Crippen molar-refractivity contribution in [1.82, 2.24) is 0 Å². The Kier molecular flexibility index (Phi) is 4.36. The lowest BCUT2D eigenvalue weighted by molar-refractivity contribution is -0.172. The van der Waals surface area contributed by atoms with Gasteiger partial charge >= 0.3 is 5.97 Å². The number of ether oxygens (including phenoxy) is 1. The summed E-state index contributed by atoms with van der Waals surface area (Å²) in [4.78, 5) is 22.5. The van der Waals surface area contributed by atoms with Crippen LogP contribution >= 0.6 is 0 Å². The fraction of sp³-hybridized carbons (Fsp3) is 0.765.